The van der Waals surface area contributed by atoms with Crippen molar-refractivity contribution in [2.45, 2.75) is 34.6 Å². The van der Waals surface area contributed by atoms with Crippen molar-refractivity contribution in [1.29, 1.82) is 0 Å². The Morgan fingerprint density at radius 1 is 1.03 bits per heavy atom. The van der Waals surface area contributed by atoms with Crippen molar-refractivity contribution in [1.82, 2.24) is 10.6 Å². The molecule has 0 aliphatic rings. The van der Waals surface area contributed by atoms with Gasteiger partial charge in [0.1, 0.15) is 0 Å². The number of fused-ring (bicyclic) bond motifs is 1. The van der Waals surface area contributed by atoms with Crippen molar-refractivity contribution in [3.05, 3.63) is 88.8 Å². The van der Waals surface area contributed by atoms with Crippen molar-refractivity contribution < 1.29 is 14.4 Å². The minimum atomic E-state index is -0.904. The van der Waals surface area contributed by atoms with Gasteiger partial charge in [-0.05, 0) is 63.0 Å². The van der Waals surface area contributed by atoms with Crippen molar-refractivity contribution in [2.75, 3.05) is 19.4 Å². The molecule has 0 saturated heterocycles. The quantitative estimate of drug-likeness (QED) is 0.0741. The van der Waals surface area contributed by atoms with E-state index < -0.39 is 17.6 Å². The van der Waals surface area contributed by atoms with Crippen LogP contribution in [-0.2, 0) is 9.59 Å². The van der Waals surface area contributed by atoms with Gasteiger partial charge in [0.25, 0.3) is 17.6 Å². The fourth-order valence-corrected chi connectivity index (χ4v) is 3.23. The maximum absolute atomic E-state index is 13.2. The highest BCUT2D eigenvalue weighted by Crippen LogP contribution is 2.28. The van der Waals surface area contributed by atoms with Gasteiger partial charge in [-0.25, -0.2) is 0 Å². The topological polar surface area (TPSA) is 126 Å². The summed E-state index contributed by atoms with van der Waals surface area (Å²) in [6.07, 6.45) is 10.3. The molecule has 0 radical (unpaired) electrons. The average Bonchev–Trinajstić information content (AvgIpc) is 2.88. The molecule has 9 heteroatoms. The zero-order valence-electron chi connectivity index (χ0n) is 23.6. The van der Waals surface area contributed by atoms with Crippen LogP contribution in [0.5, 0.6) is 0 Å². The second kappa shape index (κ2) is 16.1. The number of nitrogens with two attached hydrogens (primary N) is 1. The number of primary amides is 1. The Morgan fingerprint density at radius 3 is 2.21 bits per heavy atom. The molecule has 0 aliphatic heterocycles. The van der Waals surface area contributed by atoms with E-state index in [1.807, 2.05) is 73.0 Å². The maximum Gasteiger partial charge on any atom is 0.296 e. The lowest BCUT2D eigenvalue weighted by Crippen LogP contribution is -2.32. The summed E-state index contributed by atoms with van der Waals surface area (Å²) < 4.78 is 0. The van der Waals surface area contributed by atoms with E-state index in [0.29, 0.717) is 5.39 Å². The highest BCUT2D eigenvalue weighted by atomic mass is 32.1. The van der Waals surface area contributed by atoms with Crippen LogP contribution in [0.15, 0.2) is 88.2 Å². The van der Waals surface area contributed by atoms with E-state index in [1.165, 1.54) is 6.08 Å². The number of benzene rings is 2. The van der Waals surface area contributed by atoms with E-state index in [4.69, 9.17) is 5.73 Å². The fraction of sp³-hybridized carbons (Fsp3) is 0.267. The number of rotatable bonds is 9. The van der Waals surface area contributed by atoms with Gasteiger partial charge in [-0.15, -0.1) is 12.6 Å². The van der Waals surface area contributed by atoms with Gasteiger partial charge in [0, 0.05) is 34.7 Å². The Morgan fingerprint density at radius 2 is 1.64 bits per heavy atom. The molecule has 39 heavy (non-hydrogen) atoms. The summed E-state index contributed by atoms with van der Waals surface area (Å²) >= 11 is 4.12. The van der Waals surface area contributed by atoms with Crippen LogP contribution in [-0.4, -0.2) is 37.9 Å². The predicted octanol–water partition coefficient (Wildman–Crippen LogP) is 5.12. The summed E-state index contributed by atoms with van der Waals surface area (Å²) in [4.78, 5) is 41.7. The lowest BCUT2D eigenvalue weighted by Gasteiger charge is -2.15. The molecule has 0 bridgehead atoms. The first-order valence-electron chi connectivity index (χ1n) is 12.3. The summed E-state index contributed by atoms with van der Waals surface area (Å²) in [6.45, 7) is 9.63. The zero-order valence-corrected chi connectivity index (χ0v) is 24.5. The zero-order chi connectivity index (χ0) is 29.6. The van der Waals surface area contributed by atoms with E-state index >= 15 is 0 Å². The highest BCUT2D eigenvalue weighted by Gasteiger charge is 2.22. The Balaban J connectivity index is 0.00000242. The summed E-state index contributed by atoms with van der Waals surface area (Å²) in [7, 11) is 3.75. The number of hydrogen-bond acceptors (Lipinski definition) is 7. The number of amides is 2. The molecule has 2 aromatic rings. The molecule has 0 fully saturated rings. The molecule has 2 aromatic carbocycles. The molecular formula is C30H39N5O3S. The Labute approximate surface area is 236 Å². The third-order valence-corrected chi connectivity index (χ3v) is 5.30. The number of nitrogens with zero attached hydrogens (tertiary/aromatic N) is 1. The first kappa shape index (κ1) is 33.1. The molecule has 208 valence electrons. The van der Waals surface area contributed by atoms with Crippen LogP contribution < -0.4 is 21.7 Å². The molecule has 2 amide bonds. The second-order valence-electron chi connectivity index (χ2n) is 9.57. The van der Waals surface area contributed by atoms with Crippen LogP contribution in [0.2, 0.25) is 0 Å². The van der Waals surface area contributed by atoms with Crippen LogP contribution >= 0.6 is 12.6 Å². The molecule has 0 saturated carbocycles. The Bertz CT molecular complexity index is 1330. The monoisotopic (exact) mass is 549 g/mol. The molecule has 8 nitrogen and oxygen atoms in total. The second-order valence-corrected chi connectivity index (χ2v) is 10.0. The molecule has 0 spiro atoms. The van der Waals surface area contributed by atoms with E-state index in [2.05, 4.69) is 33.6 Å². The van der Waals surface area contributed by atoms with Crippen LogP contribution in [0.4, 0.5) is 5.69 Å². The molecule has 2 rings (SSSR count). The predicted molar refractivity (Wildman–Crippen MR) is 166 cm³/mol. The summed E-state index contributed by atoms with van der Waals surface area (Å²) in [5, 5.41) is 9.92. The smallest absolute Gasteiger partial charge is 0.296 e. The van der Waals surface area contributed by atoms with Gasteiger partial charge in [0.2, 0.25) is 0 Å². The Hall–Kier alpha value is -3.95. The molecule has 5 N–H and O–H groups in total. The van der Waals surface area contributed by atoms with E-state index in [0.717, 1.165) is 16.8 Å². The number of carbonyl (C=O) groups is 3. The van der Waals surface area contributed by atoms with Crippen molar-refractivity contribution in [3.8, 4) is 0 Å². The maximum atomic E-state index is 13.2. The molecule has 0 aromatic heterocycles. The van der Waals surface area contributed by atoms with Gasteiger partial charge < -0.3 is 21.7 Å². The minimum Gasteiger partial charge on any atom is -0.365 e. The third kappa shape index (κ3) is 11.1. The lowest BCUT2D eigenvalue weighted by molar-refractivity contribution is -0.116. The third-order valence-electron chi connectivity index (χ3n) is 4.84. The molecule has 0 heterocycles. The van der Waals surface area contributed by atoms with Crippen LogP contribution in [0.25, 0.3) is 10.8 Å². The minimum absolute atomic E-state index is 0.0574. The fourth-order valence-electron chi connectivity index (χ4n) is 3.10. The number of aliphatic imine (C=N–C) groups is 1. The summed E-state index contributed by atoms with van der Waals surface area (Å²) in [6, 6.07) is 10.6. The average molecular weight is 550 g/mol. The molecule has 0 atom stereocenters. The largest absolute Gasteiger partial charge is 0.365 e. The molecule has 0 aliphatic carbocycles. The number of thiol groups is 1. The van der Waals surface area contributed by atoms with Gasteiger partial charge in [-0.1, -0.05) is 57.2 Å². The SMILES string of the molecule is CNC.C\C=C/N=C\C=C(/C)Nc1ccc(C(=O)C(=O)NC(/C=C/C(C)(C)C)=C(/S)C(N)=O)c2ccccc12. The summed E-state index contributed by atoms with van der Waals surface area (Å²) in [5.74, 6) is -2.48. The van der Waals surface area contributed by atoms with E-state index in [-0.39, 0.29) is 21.6 Å². The number of nitrogens with one attached hydrogen (secondary N) is 3. The first-order valence-corrected chi connectivity index (χ1v) is 12.8. The standard InChI is InChI=1S/C28H32N4O3S.C2H7N/c1-6-16-30-17-14-18(2)31-22-12-11-21(19-9-7-8-10-20(19)22)24(33)27(35)32-23(25(36)26(29)34)13-15-28(3,4)5;1-3-2/h6-17,31,36H,1-5H3,(H2,29,34)(H,32,35);3H,1-2H3/b15-13+,16-6-,18-14+,25-23+,30-17-;. The normalized spacial score (nSPS) is 12.9. The Kier molecular flexibility index (Phi) is 13.7. The van der Waals surface area contributed by atoms with Gasteiger partial charge in [0.15, 0.2) is 0 Å². The number of carbonyl (C=O) groups excluding carboxylic acids is 3. The van der Waals surface area contributed by atoms with Gasteiger partial charge in [0.05, 0.1) is 10.6 Å². The first-order chi connectivity index (χ1) is 18.4. The number of allylic oxidation sites excluding steroid dienone is 5. The van der Waals surface area contributed by atoms with Gasteiger partial charge >= 0.3 is 0 Å². The number of anilines is 1. The lowest BCUT2D eigenvalue weighted by atomic mass is 9.96. The summed E-state index contributed by atoms with van der Waals surface area (Å²) in [5.41, 5.74) is 7.01. The van der Waals surface area contributed by atoms with Crippen LogP contribution in [0.3, 0.4) is 0 Å². The van der Waals surface area contributed by atoms with Gasteiger partial charge in [-0.2, -0.15) is 0 Å². The van der Waals surface area contributed by atoms with Gasteiger partial charge in [-0.3, -0.25) is 19.4 Å². The molecular weight excluding hydrogens is 510 g/mol. The van der Waals surface area contributed by atoms with Crippen LogP contribution in [0.1, 0.15) is 45.0 Å². The number of ketones is 1. The number of hydrogen-bond donors (Lipinski definition) is 5. The highest BCUT2D eigenvalue weighted by molar-refractivity contribution is 7.85. The van der Waals surface area contributed by atoms with Crippen molar-refractivity contribution >= 4 is 52.9 Å². The van der Waals surface area contributed by atoms with Crippen molar-refractivity contribution in [3.63, 3.8) is 0 Å². The van der Waals surface area contributed by atoms with E-state index in [1.54, 1.807) is 42.8 Å². The molecule has 0 unspecified atom stereocenters. The van der Waals surface area contributed by atoms with E-state index in [9.17, 15) is 14.4 Å². The van der Waals surface area contributed by atoms with Crippen LogP contribution in [0, 0.1) is 5.41 Å². The van der Waals surface area contributed by atoms with Crippen molar-refractivity contribution in [2.24, 2.45) is 16.1 Å². The number of Topliss-reactive ketones (excluding diaryl/α,β-unsaturated/α-hetero) is 1.